The van der Waals surface area contributed by atoms with E-state index >= 15 is 0 Å². The van der Waals surface area contributed by atoms with Gasteiger partial charge in [-0.2, -0.15) is 0 Å². The summed E-state index contributed by atoms with van der Waals surface area (Å²) >= 11 is 0. The number of carbonyl (C=O) groups is 1. The van der Waals surface area contributed by atoms with E-state index in [0.717, 1.165) is 44.7 Å². The first-order valence-corrected chi connectivity index (χ1v) is 9.04. The Balaban J connectivity index is 0.00000338. The van der Waals surface area contributed by atoms with Crippen molar-refractivity contribution in [1.29, 1.82) is 0 Å². The van der Waals surface area contributed by atoms with Gasteiger partial charge in [0.2, 0.25) is 0 Å². The summed E-state index contributed by atoms with van der Waals surface area (Å²) in [6.45, 7) is 4.66. The van der Waals surface area contributed by atoms with Crippen molar-refractivity contribution in [2.75, 3.05) is 33.3 Å². The number of piperidine rings is 1. The SMILES string of the molecule is CCOC(=O)C1CCCN(C(=NC)NCCCc2ccc(O)cc2)C1.I. The zero-order chi connectivity index (χ0) is 18.1. The summed E-state index contributed by atoms with van der Waals surface area (Å²) in [5, 5.41) is 12.7. The van der Waals surface area contributed by atoms with Crippen LogP contribution in [0.25, 0.3) is 0 Å². The maximum Gasteiger partial charge on any atom is 0.310 e. The molecule has 1 heterocycles. The predicted octanol–water partition coefficient (Wildman–Crippen LogP) is 2.79. The Hall–Kier alpha value is -1.51. The third-order valence-electron chi connectivity index (χ3n) is 4.41. The van der Waals surface area contributed by atoms with E-state index in [1.807, 2.05) is 19.1 Å². The van der Waals surface area contributed by atoms with E-state index in [-0.39, 0.29) is 35.9 Å². The molecule has 1 aromatic rings. The molecular formula is C19H30IN3O3. The molecule has 0 spiro atoms. The van der Waals surface area contributed by atoms with E-state index in [1.165, 1.54) is 5.56 Å². The Morgan fingerprint density at radius 3 is 2.77 bits per heavy atom. The average molecular weight is 475 g/mol. The lowest BCUT2D eigenvalue weighted by Gasteiger charge is -2.34. The van der Waals surface area contributed by atoms with Crippen molar-refractivity contribution in [3.05, 3.63) is 29.8 Å². The molecule has 7 heteroatoms. The first-order chi connectivity index (χ1) is 12.1. The van der Waals surface area contributed by atoms with Gasteiger partial charge in [0.25, 0.3) is 0 Å². The molecule has 1 aliphatic rings. The van der Waals surface area contributed by atoms with E-state index in [2.05, 4.69) is 15.2 Å². The lowest BCUT2D eigenvalue weighted by atomic mass is 9.98. The highest BCUT2D eigenvalue weighted by atomic mass is 127. The highest BCUT2D eigenvalue weighted by Gasteiger charge is 2.28. The molecule has 1 unspecified atom stereocenters. The van der Waals surface area contributed by atoms with Gasteiger partial charge in [-0.25, -0.2) is 0 Å². The number of benzene rings is 1. The van der Waals surface area contributed by atoms with Crippen LogP contribution >= 0.6 is 24.0 Å². The second kappa shape index (κ2) is 12.0. The fourth-order valence-corrected chi connectivity index (χ4v) is 3.11. The number of nitrogens with one attached hydrogen (secondary N) is 1. The van der Waals surface area contributed by atoms with Gasteiger partial charge in [-0.3, -0.25) is 9.79 Å². The first-order valence-electron chi connectivity index (χ1n) is 9.04. The fourth-order valence-electron chi connectivity index (χ4n) is 3.11. The molecule has 1 aliphatic heterocycles. The molecule has 0 saturated carbocycles. The first kappa shape index (κ1) is 22.5. The number of phenolic OH excluding ortho intramolecular Hbond substituents is 1. The second-order valence-electron chi connectivity index (χ2n) is 6.28. The number of aryl methyl sites for hydroxylation is 1. The van der Waals surface area contributed by atoms with E-state index in [1.54, 1.807) is 19.2 Å². The molecule has 0 aliphatic carbocycles. The molecular weight excluding hydrogens is 445 g/mol. The van der Waals surface area contributed by atoms with Crippen molar-refractivity contribution in [1.82, 2.24) is 10.2 Å². The van der Waals surface area contributed by atoms with Crippen LogP contribution < -0.4 is 5.32 Å². The van der Waals surface area contributed by atoms with E-state index in [4.69, 9.17) is 4.74 Å². The summed E-state index contributed by atoms with van der Waals surface area (Å²) in [5.41, 5.74) is 1.20. The largest absolute Gasteiger partial charge is 0.508 e. The van der Waals surface area contributed by atoms with Crippen molar-refractivity contribution in [3.63, 3.8) is 0 Å². The molecule has 1 fully saturated rings. The van der Waals surface area contributed by atoms with E-state index < -0.39 is 0 Å². The van der Waals surface area contributed by atoms with Crippen molar-refractivity contribution < 1.29 is 14.6 Å². The summed E-state index contributed by atoms with van der Waals surface area (Å²) < 4.78 is 5.16. The van der Waals surface area contributed by atoms with Crippen LogP contribution in [0.3, 0.4) is 0 Å². The van der Waals surface area contributed by atoms with E-state index in [9.17, 15) is 9.90 Å². The Kier molecular flexibility index (Phi) is 10.4. The molecule has 2 rings (SSSR count). The Morgan fingerprint density at radius 1 is 1.38 bits per heavy atom. The van der Waals surface area contributed by atoms with Crippen molar-refractivity contribution in [3.8, 4) is 5.75 Å². The maximum atomic E-state index is 12.0. The lowest BCUT2D eigenvalue weighted by Crippen LogP contribution is -2.48. The third-order valence-corrected chi connectivity index (χ3v) is 4.41. The van der Waals surface area contributed by atoms with Crippen molar-refractivity contribution in [2.24, 2.45) is 10.9 Å². The number of esters is 1. The monoisotopic (exact) mass is 475 g/mol. The predicted molar refractivity (Wildman–Crippen MR) is 114 cm³/mol. The van der Waals surface area contributed by atoms with Gasteiger partial charge in [0.05, 0.1) is 12.5 Å². The molecule has 2 N–H and O–H groups in total. The number of aromatic hydroxyl groups is 1. The molecule has 1 atom stereocenters. The number of ether oxygens (including phenoxy) is 1. The number of rotatable bonds is 6. The lowest BCUT2D eigenvalue weighted by molar-refractivity contribution is -0.149. The molecule has 0 radical (unpaired) electrons. The number of phenols is 1. The van der Waals surface area contributed by atoms with Crippen LogP contribution in [0.15, 0.2) is 29.3 Å². The molecule has 6 nitrogen and oxygen atoms in total. The molecule has 1 aromatic carbocycles. The minimum Gasteiger partial charge on any atom is -0.508 e. The molecule has 0 amide bonds. The molecule has 146 valence electrons. The highest BCUT2D eigenvalue weighted by Crippen LogP contribution is 2.18. The van der Waals surface area contributed by atoms with Crippen LogP contribution in [-0.2, 0) is 16.0 Å². The molecule has 0 aromatic heterocycles. The number of nitrogens with zero attached hydrogens (tertiary/aromatic N) is 2. The van der Waals surface area contributed by atoms with Gasteiger partial charge >= 0.3 is 5.97 Å². The van der Waals surface area contributed by atoms with Crippen molar-refractivity contribution >= 4 is 35.9 Å². The number of guanidine groups is 1. The van der Waals surface area contributed by atoms with Gasteiger partial charge < -0.3 is 20.1 Å². The summed E-state index contributed by atoms with van der Waals surface area (Å²) in [4.78, 5) is 18.5. The summed E-state index contributed by atoms with van der Waals surface area (Å²) in [7, 11) is 1.77. The zero-order valence-electron chi connectivity index (χ0n) is 15.6. The molecule has 1 saturated heterocycles. The van der Waals surface area contributed by atoms with Gasteiger partial charge in [0.15, 0.2) is 5.96 Å². The normalized spacial score (nSPS) is 17.4. The van der Waals surface area contributed by atoms with Gasteiger partial charge in [-0.1, -0.05) is 12.1 Å². The summed E-state index contributed by atoms with van der Waals surface area (Å²) in [6.07, 6.45) is 3.76. The number of hydrogen-bond acceptors (Lipinski definition) is 4. The minimum absolute atomic E-state index is 0. The van der Waals surface area contributed by atoms with Gasteiger partial charge in [-0.05, 0) is 50.3 Å². The standard InChI is InChI=1S/C19H29N3O3.HI/c1-3-25-18(24)16-7-5-13-22(14-16)19(20-2)21-12-4-6-15-8-10-17(23)11-9-15;/h8-11,16,23H,3-7,12-14H2,1-2H3,(H,20,21);1H. The van der Waals surface area contributed by atoms with Gasteiger partial charge in [-0.15, -0.1) is 24.0 Å². The van der Waals surface area contributed by atoms with Gasteiger partial charge in [0, 0.05) is 26.7 Å². The summed E-state index contributed by atoms with van der Waals surface area (Å²) in [5.74, 6) is 0.975. The van der Waals surface area contributed by atoms with Gasteiger partial charge in [0.1, 0.15) is 5.75 Å². The van der Waals surface area contributed by atoms with E-state index in [0.29, 0.717) is 18.9 Å². The van der Waals surface area contributed by atoms with Crippen LogP contribution in [0.5, 0.6) is 5.75 Å². The zero-order valence-corrected chi connectivity index (χ0v) is 17.9. The smallest absolute Gasteiger partial charge is 0.310 e. The minimum atomic E-state index is -0.102. The number of likely N-dealkylation sites (tertiary alicyclic amines) is 1. The Bertz CT molecular complexity index is 578. The van der Waals surface area contributed by atoms with Crippen LogP contribution in [0.2, 0.25) is 0 Å². The average Bonchev–Trinajstić information content (AvgIpc) is 2.63. The fraction of sp³-hybridized carbons (Fsp3) is 0.579. The highest BCUT2D eigenvalue weighted by molar-refractivity contribution is 14.0. The number of aliphatic imine (C=N–C) groups is 1. The summed E-state index contributed by atoms with van der Waals surface area (Å²) in [6, 6.07) is 7.31. The van der Waals surface area contributed by atoms with Crippen LogP contribution in [0.4, 0.5) is 0 Å². The number of carbonyl (C=O) groups excluding carboxylic acids is 1. The number of halogens is 1. The van der Waals surface area contributed by atoms with Crippen LogP contribution in [0, 0.1) is 5.92 Å². The maximum absolute atomic E-state index is 12.0. The number of hydrogen-bond donors (Lipinski definition) is 2. The Labute approximate surface area is 173 Å². The third kappa shape index (κ3) is 7.01. The van der Waals surface area contributed by atoms with Crippen LogP contribution in [-0.4, -0.2) is 55.2 Å². The second-order valence-corrected chi connectivity index (χ2v) is 6.28. The topological polar surface area (TPSA) is 74.2 Å². The van der Waals surface area contributed by atoms with Crippen molar-refractivity contribution in [2.45, 2.75) is 32.6 Å². The molecule has 26 heavy (non-hydrogen) atoms. The molecule has 0 bridgehead atoms. The Morgan fingerprint density at radius 2 is 2.12 bits per heavy atom. The van der Waals surface area contributed by atoms with Crippen LogP contribution in [0.1, 0.15) is 31.7 Å². The quantitative estimate of drug-likeness (QED) is 0.218.